The number of rotatable bonds is 5. The normalized spacial score (nSPS) is 20.1. The van der Waals surface area contributed by atoms with Crippen LogP contribution in [0.2, 0.25) is 0 Å². The average molecular weight is 297 g/mol. The molecule has 0 saturated carbocycles. The number of nitrogens with one attached hydrogen (secondary N) is 1. The molecule has 1 saturated heterocycles. The minimum Gasteiger partial charge on any atom is -0.366 e. The highest BCUT2D eigenvalue weighted by atomic mass is 32.2. The van der Waals surface area contributed by atoms with E-state index in [1.54, 1.807) is 18.2 Å². The van der Waals surface area contributed by atoms with Gasteiger partial charge in [0.25, 0.3) is 0 Å². The Balaban J connectivity index is 2.02. The fourth-order valence-corrected chi connectivity index (χ4v) is 3.60. The first-order valence-electron chi connectivity index (χ1n) is 6.46. The zero-order valence-electron chi connectivity index (χ0n) is 11.4. The van der Waals surface area contributed by atoms with Gasteiger partial charge in [-0.05, 0) is 37.7 Å². The van der Waals surface area contributed by atoms with Gasteiger partial charge >= 0.3 is 0 Å². The van der Waals surface area contributed by atoms with Crippen molar-refractivity contribution in [2.45, 2.75) is 18.2 Å². The van der Waals surface area contributed by atoms with E-state index in [0.29, 0.717) is 25.1 Å². The van der Waals surface area contributed by atoms with E-state index in [9.17, 15) is 13.2 Å². The van der Waals surface area contributed by atoms with Crippen molar-refractivity contribution in [3.05, 3.63) is 35.4 Å². The van der Waals surface area contributed by atoms with E-state index in [0.717, 1.165) is 12.1 Å². The number of benzene rings is 1. The summed E-state index contributed by atoms with van der Waals surface area (Å²) in [5.41, 5.74) is 6.68. The molecule has 110 valence electrons. The van der Waals surface area contributed by atoms with Crippen molar-refractivity contribution in [2.75, 3.05) is 20.1 Å². The number of nitrogens with two attached hydrogens (primary N) is 1. The molecular weight excluding hydrogens is 278 g/mol. The van der Waals surface area contributed by atoms with Crippen LogP contribution in [0.1, 0.15) is 22.3 Å². The first kappa shape index (κ1) is 15.0. The number of nitrogens with zero attached hydrogens (tertiary/aromatic N) is 1. The summed E-state index contributed by atoms with van der Waals surface area (Å²) in [7, 11) is -1.77. The van der Waals surface area contributed by atoms with Crippen LogP contribution in [-0.2, 0) is 16.6 Å². The average Bonchev–Trinajstić information content (AvgIpc) is 2.88. The van der Waals surface area contributed by atoms with E-state index >= 15 is 0 Å². The Morgan fingerprint density at radius 2 is 2.25 bits per heavy atom. The van der Waals surface area contributed by atoms with Crippen LogP contribution in [0.5, 0.6) is 0 Å². The molecule has 20 heavy (non-hydrogen) atoms. The van der Waals surface area contributed by atoms with Crippen LogP contribution in [0.15, 0.2) is 24.3 Å². The van der Waals surface area contributed by atoms with Crippen LogP contribution in [0.25, 0.3) is 0 Å². The number of carbonyl (C=O) groups excluding carboxylic acids is 1. The molecule has 0 aromatic heterocycles. The Hall–Kier alpha value is -1.44. The summed E-state index contributed by atoms with van der Waals surface area (Å²) in [4.78, 5) is 13.2. The van der Waals surface area contributed by atoms with E-state index in [4.69, 9.17) is 5.73 Å². The molecule has 3 N–H and O–H groups in total. The molecule has 2 rings (SSSR count). The minimum atomic E-state index is -3.21. The highest BCUT2D eigenvalue weighted by Crippen LogP contribution is 2.18. The van der Waals surface area contributed by atoms with E-state index in [1.807, 2.05) is 6.07 Å². The molecule has 1 heterocycles. The van der Waals surface area contributed by atoms with Gasteiger partial charge in [-0.2, -0.15) is 0 Å². The van der Waals surface area contributed by atoms with Crippen LogP contribution in [0, 0.1) is 0 Å². The lowest BCUT2D eigenvalue weighted by Crippen LogP contribution is -2.34. The largest absolute Gasteiger partial charge is 0.366 e. The maximum absolute atomic E-state index is 11.7. The van der Waals surface area contributed by atoms with Crippen LogP contribution in [-0.4, -0.2) is 44.6 Å². The summed E-state index contributed by atoms with van der Waals surface area (Å²) in [6, 6.07) is 7.12. The van der Waals surface area contributed by atoms with Crippen molar-refractivity contribution in [1.29, 1.82) is 0 Å². The monoisotopic (exact) mass is 297 g/mol. The van der Waals surface area contributed by atoms with Crippen molar-refractivity contribution < 1.29 is 13.2 Å². The first-order valence-corrected chi connectivity index (χ1v) is 8.00. The van der Waals surface area contributed by atoms with Gasteiger partial charge < -0.3 is 5.73 Å². The molecule has 1 aromatic rings. The number of carbonyl (C=O) groups is 1. The number of amides is 1. The molecule has 1 atom stereocenters. The lowest BCUT2D eigenvalue weighted by atomic mass is 10.1. The Morgan fingerprint density at radius 3 is 2.90 bits per heavy atom. The third-order valence-electron chi connectivity index (χ3n) is 3.57. The fourth-order valence-electron chi connectivity index (χ4n) is 2.44. The highest BCUT2D eigenvalue weighted by Gasteiger charge is 2.31. The maximum atomic E-state index is 11.7. The first-order chi connectivity index (χ1) is 9.42. The summed E-state index contributed by atoms with van der Waals surface area (Å²) >= 11 is 0. The van der Waals surface area contributed by atoms with Gasteiger partial charge in [0.15, 0.2) is 0 Å². The lowest BCUT2D eigenvalue weighted by Gasteiger charge is -2.16. The fraction of sp³-hybridized carbons (Fsp3) is 0.462. The Kier molecular flexibility index (Phi) is 4.42. The predicted octanol–water partition coefficient (Wildman–Crippen LogP) is -0.0910. The second-order valence-corrected chi connectivity index (χ2v) is 7.12. The highest BCUT2D eigenvalue weighted by molar-refractivity contribution is 7.90. The van der Waals surface area contributed by atoms with E-state index < -0.39 is 15.9 Å². The van der Waals surface area contributed by atoms with Gasteiger partial charge in [-0.25, -0.2) is 13.1 Å². The van der Waals surface area contributed by atoms with Crippen molar-refractivity contribution in [2.24, 2.45) is 5.73 Å². The van der Waals surface area contributed by atoms with Crippen molar-refractivity contribution in [3.63, 3.8) is 0 Å². The Labute approximate surface area is 119 Å². The molecule has 1 aromatic carbocycles. The van der Waals surface area contributed by atoms with Gasteiger partial charge in [0.1, 0.15) is 0 Å². The Morgan fingerprint density at radius 1 is 1.50 bits per heavy atom. The summed E-state index contributed by atoms with van der Waals surface area (Å²) in [5, 5.41) is -0.369. The van der Waals surface area contributed by atoms with Gasteiger partial charge in [0.2, 0.25) is 15.9 Å². The number of sulfonamides is 1. The van der Waals surface area contributed by atoms with Crippen LogP contribution in [0.4, 0.5) is 0 Å². The third kappa shape index (κ3) is 3.36. The van der Waals surface area contributed by atoms with Gasteiger partial charge in [-0.3, -0.25) is 9.69 Å². The van der Waals surface area contributed by atoms with E-state index in [2.05, 4.69) is 9.62 Å². The molecule has 0 aliphatic carbocycles. The molecule has 7 heteroatoms. The van der Waals surface area contributed by atoms with Crippen molar-refractivity contribution >= 4 is 15.9 Å². The van der Waals surface area contributed by atoms with Crippen LogP contribution < -0.4 is 10.5 Å². The Bertz CT molecular complexity index is 601. The summed E-state index contributed by atoms with van der Waals surface area (Å²) < 4.78 is 25.9. The lowest BCUT2D eigenvalue weighted by molar-refractivity contribution is 0.1000. The number of primary amides is 1. The molecule has 1 amide bonds. The molecule has 1 aliphatic rings. The third-order valence-corrected chi connectivity index (χ3v) is 5.40. The number of hydrogen-bond acceptors (Lipinski definition) is 4. The van der Waals surface area contributed by atoms with Crippen molar-refractivity contribution in [3.8, 4) is 0 Å². The smallest absolute Gasteiger partial charge is 0.248 e. The SMILES string of the molecule is CNS(=O)(=O)C1CCN(Cc2cccc(C(N)=O)c2)C1. The molecule has 1 fully saturated rings. The maximum Gasteiger partial charge on any atom is 0.248 e. The number of likely N-dealkylation sites (tertiary alicyclic amines) is 1. The molecule has 0 bridgehead atoms. The molecule has 0 spiro atoms. The van der Waals surface area contributed by atoms with Gasteiger partial charge in [-0.15, -0.1) is 0 Å². The second kappa shape index (κ2) is 5.90. The van der Waals surface area contributed by atoms with E-state index in [1.165, 1.54) is 7.05 Å². The molecule has 6 nitrogen and oxygen atoms in total. The molecule has 0 radical (unpaired) electrons. The summed E-state index contributed by atoms with van der Waals surface area (Å²) in [6.07, 6.45) is 0.624. The molecular formula is C13H19N3O3S. The van der Waals surface area contributed by atoms with Crippen molar-refractivity contribution in [1.82, 2.24) is 9.62 Å². The van der Waals surface area contributed by atoms with Crippen LogP contribution >= 0.6 is 0 Å². The number of hydrogen-bond donors (Lipinski definition) is 2. The zero-order valence-corrected chi connectivity index (χ0v) is 12.2. The minimum absolute atomic E-state index is 0.369. The van der Waals surface area contributed by atoms with Gasteiger partial charge in [0.05, 0.1) is 5.25 Å². The van der Waals surface area contributed by atoms with Crippen LogP contribution in [0.3, 0.4) is 0 Å². The summed E-state index contributed by atoms with van der Waals surface area (Å²) in [5.74, 6) is -0.455. The topological polar surface area (TPSA) is 92.5 Å². The zero-order chi connectivity index (χ0) is 14.8. The predicted molar refractivity (Wildman–Crippen MR) is 76.6 cm³/mol. The summed E-state index contributed by atoms with van der Waals surface area (Å²) in [6.45, 7) is 1.85. The van der Waals surface area contributed by atoms with E-state index in [-0.39, 0.29) is 5.25 Å². The van der Waals surface area contributed by atoms with Gasteiger partial charge in [0, 0.05) is 18.7 Å². The van der Waals surface area contributed by atoms with Gasteiger partial charge in [-0.1, -0.05) is 12.1 Å². The molecule has 1 aliphatic heterocycles. The second-order valence-electron chi connectivity index (χ2n) is 4.96. The quantitative estimate of drug-likeness (QED) is 0.794. The molecule has 1 unspecified atom stereocenters. The standard InChI is InChI=1S/C13H19N3O3S/c1-15-20(18,19)12-5-6-16(9-12)8-10-3-2-4-11(7-10)13(14)17/h2-4,7,12,15H,5-6,8-9H2,1H3,(H2,14,17).